The van der Waals surface area contributed by atoms with E-state index in [4.69, 9.17) is 0 Å². The van der Waals surface area contributed by atoms with Crippen LogP contribution in [0.3, 0.4) is 0 Å². The van der Waals surface area contributed by atoms with E-state index < -0.39 is 0 Å². The second kappa shape index (κ2) is 6.15. The zero-order valence-electron chi connectivity index (χ0n) is 10.7. The van der Waals surface area contributed by atoms with E-state index in [0.717, 1.165) is 12.3 Å². The molecule has 2 heteroatoms. The van der Waals surface area contributed by atoms with Crippen molar-refractivity contribution < 1.29 is 5.11 Å². The number of pyridine rings is 1. The minimum atomic E-state index is -0.208. The Labute approximate surface area is 104 Å². The van der Waals surface area contributed by atoms with E-state index in [9.17, 15) is 5.11 Å². The number of aromatic nitrogens is 1. The lowest BCUT2D eigenvalue weighted by molar-refractivity contribution is 0.109. The van der Waals surface area contributed by atoms with Crippen LogP contribution in [0.4, 0.5) is 0 Å². The molecule has 2 atom stereocenters. The van der Waals surface area contributed by atoms with Gasteiger partial charge >= 0.3 is 0 Å². The van der Waals surface area contributed by atoms with Crippen LogP contribution in [0, 0.1) is 5.92 Å². The lowest BCUT2D eigenvalue weighted by Crippen LogP contribution is -2.21. The summed E-state index contributed by atoms with van der Waals surface area (Å²) >= 11 is 0. The normalized spacial score (nSPS) is 21.1. The van der Waals surface area contributed by atoms with Crippen LogP contribution in [0.5, 0.6) is 0 Å². The van der Waals surface area contributed by atoms with Crippen molar-refractivity contribution in [3.8, 4) is 0 Å². The minimum Gasteiger partial charge on any atom is -0.392 e. The van der Waals surface area contributed by atoms with Crippen molar-refractivity contribution in [3.63, 3.8) is 0 Å². The SMILES string of the molecule is CC(c1ccncc1)C(O)CC1CCCCC1. The standard InChI is InChI=1S/C15H23NO/c1-12(14-7-9-16-10-8-14)15(17)11-13-5-3-2-4-6-13/h7-10,12-13,15,17H,2-6,11H2,1H3. The van der Waals surface area contributed by atoms with Gasteiger partial charge in [-0.05, 0) is 30.0 Å². The maximum absolute atomic E-state index is 10.3. The number of hydrogen-bond donors (Lipinski definition) is 1. The molecule has 1 aliphatic carbocycles. The predicted molar refractivity (Wildman–Crippen MR) is 69.9 cm³/mol. The Balaban J connectivity index is 1.88. The molecule has 0 amide bonds. The quantitative estimate of drug-likeness (QED) is 0.863. The smallest absolute Gasteiger partial charge is 0.0608 e. The summed E-state index contributed by atoms with van der Waals surface area (Å²) in [5, 5.41) is 10.3. The highest BCUT2D eigenvalue weighted by molar-refractivity contribution is 5.16. The molecule has 1 N–H and O–H groups in total. The van der Waals surface area contributed by atoms with Gasteiger partial charge < -0.3 is 5.11 Å². The van der Waals surface area contributed by atoms with Gasteiger partial charge in [-0.25, -0.2) is 0 Å². The first-order chi connectivity index (χ1) is 8.27. The summed E-state index contributed by atoms with van der Waals surface area (Å²) in [6.07, 6.45) is 11.1. The zero-order chi connectivity index (χ0) is 12.1. The molecule has 94 valence electrons. The number of nitrogens with zero attached hydrogens (tertiary/aromatic N) is 1. The Bertz CT molecular complexity index is 319. The van der Waals surface area contributed by atoms with Gasteiger partial charge in [0.05, 0.1) is 6.10 Å². The summed E-state index contributed by atoms with van der Waals surface area (Å²) < 4.78 is 0. The third-order valence-electron chi connectivity index (χ3n) is 4.11. The Morgan fingerprint density at radius 3 is 2.53 bits per heavy atom. The number of aliphatic hydroxyl groups is 1. The molecular weight excluding hydrogens is 210 g/mol. The summed E-state index contributed by atoms with van der Waals surface area (Å²) in [7, 11) is 0. The summed E-state index contributed by atoms with van der Waals surface area (Å²) in [5.74, 6) is 0.961. The van der Waals surface area contributed by atoms with E-state index in [1.165, 1.54) is 37.7 Å². The van der Waals surface area contributed by atoms with E-state index in [1.54, 1.807) is 12.4 Å². The van der Waals surface area contributed by atoms with Crippen molar-refractivity contribution >= 4 is 0 Å². The third-order valence-corrected chi connectivity index (χ3v) is 4.11. The number of hydrogen-bond acceptors (Lipinski definition) is 2. The van der Waals surface area contributed by atoms with Crippen molar-refractivity contribution in [3.05, 3.63) is 30.1 Å². The van der Waals surface area contributed by atoms with Gasteiger partial charge in [-0.15, -0.1) is 0 Å². The second-order valence-electron chi connectivity index (χ2n) is 5.38. The average Bonchev–Trinajstić information content (AvgIpc) is 2.40. The van der Waals surface area contributed by atoms with Crippen molar-refractivity contribution in [1.82, 2.24) is 4.98 Å². The van der Waals surface area contributed by atoms with Crippen LogP contribution < -0.4 is 0 Å². The molecule has 17 heavy (non-hydrogen) atoms. The van der Waals surface area contributed by atoms with Gasteiger partial charge in [0.1, 0.15) is 0 Å². The molecule has 2 rings (SSSR count). The van der Waals surface area contributed by atoms with Crippen molar-refractivity contribution in [2.45, 2.75) is 57.5 Å². The molecule has 1 aliphatic rings. The Morgan fingerprint density at radius 1 is 1.24 bits per heavy atom. The molecule has 0 aromatic carbocycles. The lowest BCUT2D eigenvalue weighted by Gasteiger charge is -2.27. The summed E-state index contributed by atoms with van der Waals surface area (Å²) in [5.41, 5.74) is 1.20. The molecule has 1 aromatic rings. The molecule has 1 saturated carbocycles. The molecule has 1 fully saturated rings. The van der Waals surface area contributed by atoms with E-state index in [2.05, 4.69) is 11.9 Å². The Kier molecular flexibility index (Phi) is 4.55. The van der Waals surface area contributed by atoms with E-state index in [1.807, 2.05) is 12.1 Å². The molecule has 0 saturated heterocycles. The molecule has 0 spiro atoms. The summed E-state index contributed by atoms with van der Waals surface area (Å²) in [6.45, 7) is 2.11. The molecule has 2 unspecified atom stereocenters. The average molecular weight is 233 g/mol. The highest BCUT2D eigenvalue weighted by Crippen LogP contribution is 2.31. The highest BCUT2D eigenvalue weighted by atomic mass is 16.3. The van der Waals surface area contributed by atoms with Crippen LogP contribution in [0.2, 0.25) is 0 Å². The second-order valence-corrected chi connectivity index (χ2v) is 5.38. The van der Waals surface area contributed by atoms with Gasteiger partial charge in [0.2, 0.25) is 0 Å². The van der Waals surface area contributed by atoms with Gasteiger partial charge in [-0.1, -0.05) is 39.0 Å². The first kappa shape index (κ1) is 12.6. The summed E-state index contributed by atoms with van der Waals surface area (Å²) in [6, 6.07) is 4.02. The molecule has 2 nitrogen and oxygen atoms in total. The Hall–Kier alpha value is -0.890. The molecule has 1 aromatic heterocycles. The van der Waals surface area contributed by atoms with Gasteiger partial charge in [-0.3, -0.25) is 4.98 Å². The highest BCUT2D eigenvalue weighted by Gasteiger charge is 2.22. The van der Waals surface area contributed by atoms with Gasteiger partial charge in [0.15, 0.2) is 0 Å². The fraction of sp³-hybridized carbons (Fsp3) is 0.667. The number of aliphatic hydroxyl groups excluding tert-OH is 1. The van der Waals surface area contributed by atoms with Crippen molar-refractivity contribution in [2.75, 3.05) is 0 Å². The minimum absolute atomic E-state index is 0.208. The number of rotatable bonds is 4. The van der Waals surface area contributed by atoms with E-state index in [-0.39, 0.29) is 12.0 Å². The predicted octanol–water partition coefficient (Wildman–Crippen LogP) is 3.52. The molecule has 0 bridgehead atoms. The van der Waals surface area contributed by atoms with Crippen molar-refractivity contribution in [2.24, 2.45) is 5.92 Å². The van der Waals surface area contributed by atoms with Crippen LogP contribution in [0.25, 0.3) is 0 Å². The van der Waals surface area contributed by atoms with Crippen LogP contribution in [-0.2, 0) is 0 Å². The molecule has 0 aliphatic heterocycles. The van der Waals surface area contributed by atoms with Gasteiger partial charge in [0, 0.05) is 18.3 Å². The molecular formula is C15H23NO. The first-order valence-corrected chi connectivity index (χ1v) is 6.85. The molecule has 0 radical (unpaired) electrons. The van der Waals surface area contributed by atoms with E-state index >= 15 is 0 Å². The maximum atomic E-state index is 10.3. The van der Waals surface area contributed by atoms with Crippen LogP contribution in [0.15, 0.2) is 24.5 Å². The van der Waals surface area contributed by atoms with Gasteiger partial charge in [0.25, 0.3) is 0 Å². The lowest BCUT2D eigenvalue weighted by atomic mass is 9.82. The fourth-order valence-electron chi connectivity index (χ4n) is 2.86. The van der Waals surface area contributed by atoms with Crippen LogP contribution in [-0.4, -0.2) is 16.2 Å². The fourth-order valence-corrected chi connectivity index (χ4v) is 2.86. The van der Waals surface area contributed by atoms with Crippen LogP contribution in [0.1, 0.15) is 56.9 Å². The largest absolute Gasteiger partial charge is 0.392 e. The zero-order valence-corrected chi connectivity index (χ0v) is 10.7. The third kappa shape index (κ3) is 3.53. The summed E-state index contributed by atoms with van der Waals surface area (Å²) in [4.78, 5) is 4.02. The van der Waals surface area contributed by atoms with Crippen LogP contribution >= 0.6 is 0 Å². The van der Waals surface area contributed by atoms with E-state index in [0.29, 0.717) is 0 Å². The topological polar surface area (TPSA) is 33.1 Å². The van der Waals surface area contributed by atoms with Crippen molar-refractivity contribution in [1.29, 1.82) is 0 Å². The monoisotopic (exact) mass is 233 g/mol. The molecule has 1 heterocycles. The first-order valence-electron chi connectivity index (χ1n) is 6.85. The van der Waals surface area contributed by atoms with Gasteiger partial charge in [-0.2, -0.15) is 0 Å². The maximum Gasteiger partial charge on any atom is 0.0608 e. The Morgan fingerprint density at radius 2 is 1.88 bits per heavy atom.